The third-order valence-electron chi connectivity index (χ3n) is 3.21. The fourth-order valence-electron chi connectivity index (χ4n) is 2.08. The zero-order valence-corrected chi connectivity index (χ0v) is 12.1. The van der Waals surface area contributed by atoms with E-state index in [1.807, 2.05) is 0 Å². The molecule has 8 nitrogen and oxygen atoms in total. The first-order chi connectivity index (χ1) is 9.90. The average Bonchev–Trinajstić information content (AvgIpc) is 2.98. The molecule has 8 heteroatoms. The molecule has 0 saturated carbocycles. The van der Waals surface area contributed by atoms with E-state index in [2.05, 4.69) is 5.10 Å². The van der Waals surface area contributed by atoms with Gasteiger partial charge in [0.1, 0.15) is 23.7 Å². The highest BCUT2D eigenvalue weighted by Crippen LogP contribution is 2.21. The van der Waals surface area contributed by atoms with Crippen molar-refractivity contribution in [1.82, 2.24) is 14.7 Å². The second kappa shape index (κ2) is 5.78. The summed E-state index contributed by atoms with van der Waals surface area (Å²) in [4.78, 5) is 24.1. The quantitative estimate of drug-likeness (QED) is 0.617. The van der Waals surface area contributed by atoms with Crippen molar-refractivity contribution in [1.29, 1.82) is 0 Å². The summed E-state index contributed by atoms with van der Waals surface area (Å²) in [5.41, 5.74) is 0.632. The van der Waals surface area contributed by atoms with Crippen LogP contribution >= 0.6 is 0 Å². The van der Waals surface area contributed by atoms with Gasteiger partial charge in [-0.1, -0.05) is 0 Å². The molecule has 0 spiro atoms. The van der Waals surface area contributed by atoms with E-state index >= 15 is 0 Å². The molecular formula is C13H16N4O4. The monoisotopic (exact) mass is 292 g/mol. The van der Waals surface area contributed by atoms with Gasteiger partial charge in [-0.3, -0.25) is 19.6 Å². The SMILES string of the molecule is Cc1nn(CC(=O)N(C)Cc2ccco2)c(C)c1[N+](=O)[O-]. The number of nitrogens with zero attached hydrogens (tertiary/aromatic N) is 4. The third-order valence-corrected chi connectivity index (χ3v) is 3.21. The molecule has 0 aliphatic heterocycles. The Morgan fingerprint density at radius 3 is 2.76 bits per heavy atom. The van der Waals surface area contributed by atoms with Gasteiger partial charge in [-0.25, -0.2) is 0 Å². The number of amides is 1. The first kappa shape index (κ1) is 14.8. The van der Waals surface area contributed by atoms with Gasteiger partial charge in [-0.15, -0.1) is 0 Å². The molecule has 0 unspecified atom stereocenters. The van der Waals surface area contributed by atoms with Crippen LogP contribution in [0.5, 0.6) is 0 Å². The van der Waals surface area contributed by atoms with Gasteiger partial charge in [0.05, 0.1) is 17.7 Å². The first-order valence-corrected chi connectivity index (χ1v) is 6.35. The standard InChI is InChI=1S/C13H16N4O4/c1-9-13(17(19)20)10(2)16(14-9)8-12(18)15(3)7-11-5-4-6-21-11/h4-6H,7-8H2,1-3H3. The number of aromatic nitrogens is 2. The average molecular weight is 292 g/mol. The van der Waals surface area contributed by atoms with Gasteiger partial charge < -0.3 is 9.32 Å². The van der Waals surface area contributed by atoms with Crippen molar-refractivity contribution in [3.63, 3.8) is 0 Å². The van der Waals surface area contributed by atoms with Crippen LogP contribution in [0.4, 0.5) is 5.69 Å². The fraction of sp³-hybridized carbons (Fsp3) is 0.385. The molecule has 2 heterocycles. The Balaban J connectivity index is 2.09. The summed E-state index contributed by atoms with van der Waals surface area (Å²) in [5, 5.41) is 15.0. The summed E-state index contributed by atoms with van der Waals surface area (Å²) in [6.45, 7) is 3.43. The number of aryl methyl sites for hydroxylation is 1. The molecule has 2 aromatic heterocycles. The van der Waals surface area contributed by atoms with Crippen molar-refractivity contribution in [2.45, 2.75) is 26.9 Å². The lowest BCUT2D eigenvalue weighted by Gasteiger charge is -2.16. The Morgan fingerprint density at radius 1 is 1.52 bits per heavy atom. The van der Waals surface area contributed by atoms with Crippen molar-refractivity contribution in [2.75, 3.05) is 7.05 Å². The highest BCUT2D eigenvalue weighted by atomic mass is 16.6. The van der Waals surface area contributed by atoms with Crippen molar-refractivity contribution in [3.8, 4) is 0 Å². The molecule has 0 fully saturated rings. The molecule has 21 heavy (non-hydrogen) atoms. The number of hydrogen-bond donors (Lipinski definition) is 0. The molecule has 0 aromatic carbocycles. The van der Waals surface area contributed by atoms with Crippen molar-refractivity contribution in [2.24, 2.45) is 0 Å². The number of nitro groups is 1. The number of hydrogen-bond acceptors (Lipinski definition) is 5. The van der Waals surface area contributed by atoms with Gasteiger partial charge in [0.25, 0.3) is 0 Å². The molecule has 0 saturated heterocycles. The van der Waals surface area contributed by atoms with E-state index in [-0.39, 0.29) is 18.1 Å². The number of carbonyl (C=O) groups excluding carboxylic acids is 1. The van der Waals surface area contributed by atoms with Crippen LogP contribution in [0.15, 0.2) is 22.8 Å². The van der Waals surface area contributed by atoms with Gasteiger partial charge >= 0.3 is 5.69 Å². The maximum absolute atomic E-state index is 12.1. The molecular weight excluding hydrogens is 276 g/mol. The van der Waals surface area contributed by atoms with Crippen molar-refractivity contribution < 1.29 is 14.1 Å². The van der Waals surface area contributed by atoms with E-state index in [4.69, 9.17) is 4.42 Å². The molecule has 0 bridgehead atoms. The van der Waals surface area contributed by atoms with Gasteiger partial charge in [0.2, 0.25) is 5.91 Å². The molecule has 2 rings (SSSR count). The lowest BCUT2D eigenvalue weighted by Crippen LogP contribution is -2.30. The lowest BCUT2D eigenvalue weighted by molar-refractivity contribution is -0.386. The van der Waals surface area contributed by atoms with Crippen LogP contribution in [-0.4, -0.2) is 32.6 Å². The maximum atomic E-state index is 12.1. The Hall–Kier alpha value is -2.64. The maximum Gasteiger partial charge on any atom is 0.312 e. The summed E-state index contributed by atoms with van der Waals surface area (Å²) in [5.74, 6) is 0.470. The number of carbonyl (C=O) groups is 1. The Kier molecular flexibility index (Phi) is 4.06. The van der Waals surface area contributed by atoms with E-state index < -0.39 is 4.92 Å². The summed E-state index contributed by atoms with van der Waals surface area (Å²) in [6.07, 6.45) is 1.54. The Morgan fingerprint density at radius 2 is 2.24 bits per heavy atom. The molecule has 0 N–H and O–H groups in total. The van der Waals surface area contributed by atoms with E-state index in [9.17, 15) is 14.9 Å². The van der Waals surface area contributed by atoms with Gasteiger partial charge in [-0.05, 0) is 26.0 Å². The number of likely N-dealkylation sites (N-methyl/N-ethyl adjacent to an activating group) is 1. The van der Waals surface area contributed by atoms with E-state index in [1.165, 1.54) is 15.8 Å². The summed E-state index contributed by atoms with van der Waals surface area (Å²) < 4.78 is 6.53. The number of rotatable bonds is 5. The summed E-state index contributed by atoms with van der Waals surface area (Å²) >= 11 is 0. The van der Waals surface area contributed by atoms with E-state index in [1.54, 1.807) is 33.0 Å². The number of furan rings is 1. The van der Waals surface area contributed by atoms with E-state index in [0.717, 1.165) is 0 Å². The van der Waals surface area contributed by atoms with Gasteiger partial charge in [0, 0.05) is 7.05 Å². The van der Waals surface area contributed by atoms with Gasteiger partial charge in [0.15, 0.2) is 0 Å². The zero-order chi connectivity index (χ0) is 15.6. The predicted molar refractivity (Wildman–Crippen MR) is 73.5 cm³/mol. The second-order valence-corrected chi connectivity index (χ2v) is 4.76. The van der Waals surface area contributed by atoms with Crippen LogP contribution in [0.2, 0.25) is 0 Å². The van der Waals surface area contributed by atoms with Crippen LogP contribution in [0.3, 0.4) is 0 Å². The molecule has 2 aromatic rings. The van der Waals surface area contributed by atoms with Crippen molar-refractivity contribution >= 4 is 11.6 Å². The van der Waals surface area contributed by atoms with Crippen LogP contribution < -0.4 is 0 Å². The van der Waals surface area contributed by atoms with E-state index in [0.29, 0.717) is 23.7 Å². The minimum atomic E-state index is -0.481. The van der Waals surface area contributed by atoms with Crippen LogP contribution in [0.1, 0.15) is 17.1 Å². The lowest BCUT2D eigenvalue weighted by atomic mass is 10.3. The minimum Gasteiger partial charge on any atom is -0.467 e. The normalized spacial score (nSPS) is 10.6. The van der Waals surface area contributed by atoms with Crippen molar-refractivity contribution in [3.05, 3.63) is 45.7 Å². The molecule has 0 aliphatic rings. The molecule has 0 radical (unpaired) electrons. The summed E-state index contributed by atoms with van der Waals surface area (Å²) in [7, 11) is 1.64. The Labute approximate surface area is 121 Å². The van der Waals surface area contributed by atoms with Gasteiger partial charge in [-0.2, -0.15) is 5.10 Å². The molecule has 112 valence electrons. The van der Waals surface area contributed by atoms with Crippen LogP contribution in [0, 0.1) is 24.0 Å². The van der Waals surface area contributed by atoms with Crippen LogP contribution in [0.25, 0.3) is 0 Å². The summed E-state index contributed by atoms with van der Waals surface area (Å²) in [6, 6.07) is 3.52. The fourth-order valence-corrected chi connectivity index (χ4v) is 2.08. The molecule has 0 aliphatic carbocycles. The smallest absolute Gasteiger partial charge is 0.312 e. The molecule has 0 atom stereocenters. The largest absolute Gasteiger partial charge is 0.467 e. The third kappa shape index (κ3) is 3.10. The molecule has 1 amide bonds. The highest BCUT2D eigenvalue weighted by molar-refractivity contribution is 5.75. The van der Waals surface area contributed by atoms with Crippen LogP contribution in [-0.2, 0) is 17.9 Å². The first-order valence-electron chi connectivity index (χ1n) is 6.35. The Bertz CT molecular complexity index is 660. The highest BCUT2D eigenvalue weighted by Gasteiger charge is 2.23. The second-order valence-electron chi connectivity index (χ2n) is 4.76. The minimum absolute atomic E-state index is 0.0439. The predicted octanol–water partition coefficient (Wildman–Crippen LogP) is 1.66. The zero-order valence-electron chi connectivity index (χ0n) is 12.1. The topological polar surface area (TPSA) is 94.4 Å².